The van der Waals surface area contributed by atoms with E-state index in [0.29, 0.717) is 6.61 Å². The molecule has 3 rings (SSSR count). The highest BCUT2D eigenvalue weighted by Gasteiger charge is 2.09. The van der Waals surface area contributed by atoms with Crippen molar-refractivity contribution >= 4 is 22.4 Å². The third-order valence-electron chi connectivity index (χ3n) is 4.34. The molecule has 0 spiro atoms. The Balaban J connectivity index is 1.77. The van der Waals surface area contributed by atoms with Crippen molar-refractivity contribution in [3.63, 3.8) is 0 Å². The van der Waals surface area contributed by atoms with Crippen LogP contribution in [0.4, 0.5) is 0 Å². The number of fused-ring (bicyclic) bond motifs is 1. The van der Waals surface area contributed by atoms with Gasteiger partial charge in [0, 0.05) is 23.7 Å². The second-order valence-electron chi connectivity index (χ2n) is 6.29. The first kappa shape index (κ1) is 18.7. The van der Waals surface area contributed by atoms with Crippen LogP contribution in [-0.4, -0.2) is 18.3 Å². The Hall–Kier alpha value is -2.07. The van der Waals surface area contributed by atoms with Crippen molar-refractivity contribution in [1.29, 1.82) is 0 Å². The van der Waals surface area contributed by atoms with Gasteiger partial charge in [0.05, 0.1) is 0 Å². The van der Waals surface area contributed by atoms with Gasteiger partial charge in [0.2, 0.25) is 0 Å². The van der Waals surface area contributed by atoms with E-state index in [2.05, 4.69) is 29.6 Å². The first-order chi connectivity index (χ1) is 12.8. The molecule has 0 bridgehead atoms. The average Bonchev–Trinajstić information content (AvgIpc) is 2.67. The van der Waals surface area contributed by atoms with Crippen LogP contribution in [0.1, 0.15) is 24.0 Å². The Kier molecular flexibility index (Phi) is 6.89. The molecule has 0 radical (unpaired) electrons. The molecule has 3 aromatic rings. The third kappa shape index (κ3) is 4.98. The van der Waals surface area contributed by atoms with Crippen molar-refractivity contribution in [2.75, 3.05) is 13.2 Å². The maximum absolute atomic E-state index is 8.91. The number of benzene rings is 3. The molecule has 136 valence electrons. The van der Waals surface area contributed by atoms with Crippen LogP contribution >= 0.6 is 11.6 Å². The van der Waals surface area contributed by atoms with Gasteiger partial charge in [0.1, 0.15) is 12.4 Å². The molecule has 3 nitrogen and oxygen atoms in total. The number of unbranched alkanes of at least 4 members (excludes halogenated alkanes) is 1. The van der Waals surface area contributed by atoms with E-state index in [9.17, 15) is 0 Å². The number of aliphatic hydroxyl groups is 1. The predicted octanol–water partition coefficient (Wildman–Crippen LogP) is 4.93. The van der Waals surface area contributed by atoms with Crippen molar-refractivity contribution in [2.45, 2.75) is 26.0 Å². The molecule has 0 saturated carbocycles. The lowest BCUT2D eigenvalue weighted by Crippen LogP contribution is -2.16. The van der Waals surface area contributed by atoms with E-state index < -0.39 is 0 Å². The quantitative estimate of drug-likeness (QED) is 0.525. The number of nitrogens with one attached hydrogen (secondary N) is 1. The molecule has 0 fully saturated rings. The van der Waals surface area contributed by atoms with Crippen LogP contribution in [0.25, 0.3) is 10.8 Å². The zero-order valence-electron chi connectivity index (χ0n) is 14.7. The highest BCUT2D eigenvalue weighted by atomic mass is 35.5. The van der Waals surface area contributed by atoms with Crippen molar-refractivity contribution in [2.24, 2.45) is 0 Å². The highest BCUT2D eigenvalue weighted by molar-refractivity contribution is 6.30. The molecular weight excluding hydrogens is 346 g/mol. The SMILES string of the molecule is OCCCCNCc1c(OCc2cccc(Cl)c2)ccc2ccccc12. The van der Waals surface area contributed by atoms with Crippen LogP contribution < -0.4 is 10.1 Å². The van der Waals surface area contributed by atoms with Crippen LogP contribution in [0.2, 0.25) is 5.02 Å². The molecule has 0 aliphatic carbocycles. The molecule has 0 amide bonds. The topological polar surface area (TPSA) is 41.5 Å². The van der Waals surface area contributed by atoms with Crippen LogP contribution in [0.5, 0.6) is 5.75 Å². The maximum Gasteiger partial charge on any atom is 0.124 e. The molecular formula is C22H24ClNO2. The average molecular weight is 370 g/mol. The fraction of sp³-hybridized carbons (Fsp3) is 0.273. The van der Waals surface area contributed by atoms with Gasteiger partial charge in [0.15, 0.2) is 0 Å². The molecule has 4 heteroatoms. The number of rotatable bonds is 9. The van der Waals surface area contributed by atoms with E-state index in [1.54, 1.807) is 0 Å². The van der Waals surface area contributed by atoms with Gasteiger partial charge < -0.3 is 15.2 Å². The van der Waals surface area contributed by atoms with Gasteiger partial charge in [0.25, 0.3) is 0 Å². The van der Waals surface area contributed by atoms with Gasteiger partial charge in [-0.3, -0.25) is 0 Å². The fourth-order valence-corrected chi connectivity index (χ4v) is 3.21. The van der Waals surface area contributed by atoms with Gasteiger partial charge in [-0.05, 0) is 53.9 Å². The van der Waals surface area contributed by atoms with E-state index in [4.69, 9.17) is 21.4 Å². The molecule has 0 aromatic heterocycles. The van der Waals surface area contributed by atoms with Gasteiger partial charge in [-0.1, -0.05) is 54.1 Å². The Morgan fingerprint density at radius 2 is 1.85 bits per heavy atom. The molecule has 0 atom stereocenters. The summed E-state index contributed by atoms with van der Waals surface area (Å²) in [6.45, 7) is 2.33. The summed E-state index contributed by atoms with van der Waals surface area (Å²) in [5.74, 6) is 0.887. The molecule has 0 saturated heterocycles. The van der Waals surface area contributed by atoms with E-state index in [1.165, 1.54) is 10.8 Å². The Morgan fingerprint density at radius 3 is 2.69 bits per heavy atom. The zero-order chi connectivity index (χ0) is 18.2. The van der Waals surface area contributed by atoms with Gasteiger partial charge in [-0.15, -0.1) is 0 Å². The van der Waals surface area contributed by atoms with Crippen LogP contribution in [0, 0.1) is 0 Å². The lowest BCUT2D eigenvalue weighted by molar-refractivity contribution is 0.283. The highest BCUT2D eigenvalue weighted by Crippen LogP contribution is 2.29. The summed E-state index contributed by atoms with van der Waals surface area (Å²) in [7, 11) is 0. The minimum Gasteiger partial charge on any atom is -0.489 e. The smallest absolute Gasteiger partial charge is 0.124 e. The molecule has 0 heterocycles. The summed E-state index contributed by atoms with van der Waals surface area (Å²) in [5.41, 5.74) is 2.21. The summed E-state index contributed by atoms with van der Waals surface area (Å²) in [5, 5.41) is 15.5. The number of hydrogen-bond donors (Lipinski definition) is 2. The molecule has 3 aromatic carbocycles. The van der Waals surface area contributed by atoms with E-state index in [0.717, 1.165) is 47.8 Å². The standard InChI is InChI=1S/C22H24ClNO2/c23-19-8-5-6-17(14-19)16-26-22-11-10-18-7-1-2-9-20(18)21(22)15-24-12-3-4-13-25/h1-2,5-11,14,24-25H,3-4,12-13,15-16H2. The summed E-state index contributed by atoms with van der Waals surface area (Å²) >= 11 is 6.06. The van der Waals surface area contributed by atoms with Crippen LogP contribution in [-0.2, 0) is 13.2 Å². The largest absolute Gasteiger partial charge is 0.489 e. The third-order valence-corrected chi connectivity index (χ3v) is 4.58. The molecule has 2 N–H and O–H groups in total. The van der Waals surface area contributed by atoms with Crippen LogP contribution in [0.15, 0.2) is 60.7 Å². The maximum atomic E-state index is 8.91. The monoisotopic (exact) mass is 369 g/mol. The van der Waals surface area contributed by atoms with Crippen molar-refractivity contribution in [3.8, 4) is 5.75 Å². The van der Waals surface area contributed by atoms with Crippen molar-refractivity contribution < 1.29 is 9.84 Å². The zero-order valence-corrected chi connectivity index (χ0v) is 15.5. The van der Waals surface area contributed by atoms with Crippen LogP contribution in [0.3, 0.4) is 0 Å². The van der Waals surface area contributed by atoms with Crippen molar-refractivity contribution in [3.05, 3.63) is 76.8 Å². The molecule has 0 aliphatic rings. The van der Waals surface area contributed by atoms with E-state index in [1.807, 2.05) is 36.4 Å². The number of halogens is 1. The minimum atomic E-state index is 0.240. The first-order valence-corrected chi connectivity index (χ1v) is 9.35. The van der Waals surface area contributed by atoms with E-state index >= 15 is 0 Å². The second kappa shape index (κ2) is 9.58. The molecule has 0 aliphatic heterocycles. The Morgan fingerprint density at radius 1 is 0.962 bits per heavy atom. The normalized spacial score (nSPS) is 11.0. The Labute approximate surface area is 159 Å². The van der Waals surface area contributed by atoms with Gasteiger partial charge >= 0.3 is 0 Å². The molecule has 0 unspecified atom stereocenters. The molecule has 26 heavy (non-hydrogen) atoms. The second-order valence-corrected chi connectivity index (χ2v) is 6.73. The number of ether oxygens (including phenoxy) is 1. The summed E-state index contributed by atoms with van der Waals surface area (Å²) in [6.07, 6.45) is 1.78. The summed E-state index contributed by atoms with van der Waals surface area (Å²) in [4.78, 5) is 0. The van der Waals surface area contributed by atoms with Gasteiger partial charge in [-0.2, -0.15) is 0 Å². The Bertz CT molecular complexity index is 850. The first-order valence-electron chi connectivity index (χ1n) is 8.97. The summed E-state index contributed by atoms with van der Waals surface area (Å²) < 4.78 is 6.13. The van der Waals surface area contributed by atoms with E-state index in [-0.39, 0.29) is 6.61 Å². The lowest BCUT2D eigenvalue weighted by atomic mass is 10.0. The van der Waals surface area contributed by atoms with Gasteiger partial charge in [-0.25, -0.2) is 0 Å². The number of hydrogen-bond acceptors (Lipinski definition) is 3. The summed E-state index contributed by atoms with van der Waals surface area (Å²) in [6, 6.07) is 20.2. The lowest BCUT2D eigenvalue weighted by Gasteiger charge is -2.15. The number of aliphatic hydroxyl groups excluding tert-OH is 1. The fourth-order valence-electron chi connectivity index (χ4n) is 3.00. The predicted molar refractivity (Wildman–Crippen MR) is 108 cm³/mol. The van der Waals surface area contributed by atoms with Crippen molar-refractivity contribution in [1.82, 2.24) is 5.32 Å². The minimum absolute atomic E-state index is 0.240.